The van der Waals surface area contributed by atoms with Gasteiger partial charge in [0, 0.05) is 26.1 Å². The highest BCUT2D eigenvalue weighted by Crippen LogP contribution is 2.25. The number of rotatable bonds is 9. The van der Waals surface area contributed by atoms with Crippen LogP contribution in [0.5, 0.6) is 0 Å². The Morgan fingerprint density at radius 1 is 1.09 bits per heavy atom. The molecular weight excluding hydrogens is 432 g/mol. The number of ether oxygens (including phenoxy) is 1. The molecule has 2 aromatic rings. The van der Waals surface area contributed by atoms with Crippen LogP contribution >= 0.6 is 0 Å². The number of alkyl carbamates (subject to hydrolysis) is 1. The summed E-state index contributed by atoms with van der Waals surface area (Å²) in [7, 11) is 0. The number of amides is 3. The van der Waals surface area contributed by atoms with Gasteiger partial charge in [-0.3, -0.25) is 9.59 Å². The second-order valence-corrected chi connectivity index (χ2v) is 8.83. The number of benzene rings is 2. The van der Waals surface area contributed by atoms with E-state index < -0.39 is 29.6 Å². The summed E-state index contributed by atoms with van der Waals surface area (Å²) in [5, 5.41) is 15.1. The van der Waals surface area contributed by atoms with Gasteiger partial charge >= 0.3 is 6.09 Å². The highest BCUT2D eigenvalue weighted by molar-refractivity contribution is 5.97. The zero-order chi connectivity index (χ0) is 24.6. The lowest BCUT2D eigenvalue weighted by atomic mass is 9.98. The van der Waals surface area contributed by atoms with Crippen LogP contribution in [0.25, 0.3) is 0 Å². The predicted molar refractivity (Wildman–Crippen MR) is 126 cm³/mol. The van der Waals surface area contributed by atoms with Gasteiger partial charge in [0.2, 0.25) is 5.54 Å². The monoisotopic (exact) mass is 462 g/mol. The summed E-state index contributed by atoms with van der Waals surface area (Å²) in [6.45, 7) is 4.74. The second-order valence-electron chi connectivity index (χ2n) is 8.83. The fourth-order valence-corrected chi connectivity index (χ4v) is 3.85. The molecule has 1 fully saturated rings. The maximum atomic E-state index is 13.1. The van der Waals surface area contributed by atoms with Gasteiger partial charge in [0.1, 0.15) is 6.07 Å². The first-order chi connectivity index (χ1) is 16.3. The molecule has 178 valence electrons. The molecule has 1 aliphatic heterocycles. The van der Waals surface area contributed by atoms with Gasteiger partial charge in [0.05, 0.1) is 0 Å². The van der Waals surface area contributed by atoms with Gasteiger partial charge < -0.3 is 20.3 Å². The lowest BCUT2D eigenvalue weighted by molar-refractivity contribution is -0.138. The molecule has 0 aromatic heterocycles. The van der Waals surface area contributed by atoms with Crippen molar-refractivity contribution in [2.45, 2.75) is 51.4 Å². The fourth-order valence-electron chi connectivity index (χ4n) is 3.85. The minimum absolute atomic E-state index is 0.0459. The zero-order valence-electron chi connectivity index (χ0n) is 19.5. The van der Waals surface area contributed by atoms with Gasteiger partial charge in [-0.1, -0.05) is 74.5 Å². The largest absolute Gasteiger partial charge is 0.436 e. The van der Waals surface area contributed by atoms with Crippen LogP contribution in [0.15, 0.2) is 60.7 Å². The van der Waals surface area contributed by atoms with Gasteiger partial charge in [-0.05, 0) is 23.5 Å². The molecule has 0 aliphatic carbocycles. The van der Waals surface area contributed by atoms with Crippen LogP contribution in [0.2, 0.25) is 0 Å². The number of hydrogen-bond acceptors (Lipinski definition) is 5. The number of carbonyl (C=O) groups is 3. The van der Waals surface area contributed by atoms with E-state index in [1.807, 2.05) is 80.6 Å². The van der Waals surface area contributed by atoms with E-state index in [-0.39, 0.29) is 25.3 Å². The first-order valence-electron chi connectivity index (χ1n) is 11.4. The molecule has 8 nitrogen and oxygen atoms in total. The summed E-state index contributed by atoms with van der Waals surface area (Å²) >= 11 is 0. The van der Waals surface area contributed by atoms with Crippen LogP contribution in [0.1, 0.15) is 37.8 Å². The number of carbonyl (C=O) groups excluding carboxylic acids is 3. The van der Waals surface area contributed by atoms with E-state index in [9.17, 15) is 19.6 Å². The quantitative estimate of drug-likeness (QED) is 0.595. The van der Waals surface area contributed by atoms with Crippen LogP contribution in [0.4, 0.5) is 4.79 Å². The van der Waals surface area contributed by atoms with Crippen molar-refractivity contribution in [2.75, 3.05) is 6.54 Å². The summed E-state index contributed by atoms with van der Waals surface area (Å²) in [4.78, 5) is 40.1. The van der Waals surface area contributed by atoms with Crippen molar-refractivity contribution in [1.82, 2.24) is 15.5 Å². The van der Waals surface area contributed by atoms with Gasteiger partial charge in [-0.15, -0.1) is 0 Å². The van der Waals surface area contributed by atoms with E-state index >= 15 is 0 Å². The Kier molecular flexibility index (Phi) is 8.25. The van der Waals surface area contributed by atoms with Gasteiger partial charge in [-0.25, -0.2) is 4.79 Å². The van der Waals surface area contributed by atoms with Crippen molar-refractivity contribution >= 4 is 17.9 Å². The number of nitrogens with one attached hydrogen (secondary N) is 2. The molecule has 1 aliphatic rings. The SMILES string of the molecule is CC(C)CC(OC(=O)NCc1ccccc1)C(=O)NC1(C#N)CCN(Cc2ccccc2)C1=O. The third-order valence-electron chi connectivity index (χ3n) is 5.66. The van der Waals surface area contributed by atoms with Crippen molar-refractivity contribution in [3.8, 4) is 6.07 Å². The molecule has 3 rings (SSSR count). The first-order valence-corrected chi connectivity index (χ1v) is 11.4. The predicted octanol–water partition coefficient (Wildman–Crippen LogP) is 3.14. The maximum Gasteiger partial charge on any atom is 0.408 e. The van der Waals surface area contributed by atoms with E-state index in [1.54, 1.807) is 4.90 Å². The van der Waals surface area contributed by atoms with Crippen LogP contribution in [-0.2, 0) is 27.4 Å². The normalized spacial score (nSPS) is 18.3. The molecule has 2 atom stereocenters. The number of nitriles is 1. The molecule has 8 heteroatoms. The highest BCUT2D eigenvalue weighted by Gasteiger charge is 2.49. The third-order valence-corrected chi connectivity index (χ3v) is 5.66. The van der Waals surface area contributed by atoms with Crippen LogP contribution < -0.4 is 10.6 Å². The Bertz CT molecular complexity index is 1040. The maximum absolute atomic E-state index is 13.1. The average Bonchev–Trinajstić information content (AvgIpc) is 3.13. The Hall–Kier alpha value is -3.86. The van der Waals surface area contributed by atoms with Crippen molar-refractivity contribution in [3.05, 3.63) is 71.8 Å². The second kappa shape index (κ2) is 11.3. The smallest absolute Gasteiger partial charge is 0.408 e. The number of likely N-dealkylation sites (tertiary alicyclic amines) is 1. The van der Waals surface area contributed by atoms with Crippen LogP contribution in [0.3, 0.4) is 0 Å². The summed E-state index contributed by atoms with van der Waals surface area (Å²) in [5.41, 5.74) is 0.153. The van der Waals surface area contributed by atoms with Crippen molar-refractivity contribution in [3.63, 3.8) is 0 Å². The number of nitrogens with zero attached hydrogens (tertiary/aromatic N) is 2. The summed E-state index contributed by atoms with van der Waals surface area (Å²) in [6, 6.07) is 20.8. The molecule has 0 saturated carbocycles. The van der Waals surface area contributed by atoms with E-state index in [0.29, 0.717) is 13.1 Å². The zero-order valence-corrected chi connectivity index (χ0v) is 19.5. The van der Waals surface area contributed by atoms with Crippen molar-refractivity contribution < 1.29 is 19.1 Å². The molecule has 34 heavy (non-hydrogen) atoms. The van der Waals surface area contributed by atoms with Crippen LogP contribution in [-0.4, -0.2) is 41.0 Å². The Morgan fingerprint density at radius 2 is 1.71 bits per heavy atom. The van der Waals surface area contributed by atoms with Crippen molar-refractivity contribution in [2.24, 2.45) is 5.92 Å². The van der Waals surface area contributed by atoms with Crippen molar-refractivity contribution in [1.29, 1.82) is 5.26 Å². The summed E-state index contributed by atoms with van der Waals surface area (Å²) in [6.07, 6.45) is -1.44. The standard InChI is InChI=1S/C26H30N4O4/c1-19(2)15-22(34-25(33)28-16-20-9-5-3-6-10-20)23(31)29-26(18-27)13-14-30(24(26)32)17-21-11-7-4-8-12-21/h3-12,19,22H,13-17H2,1-2H3,(H,28,33)(H,29,31). The minimum atomic E-state index is -1.68. The lowest BCUT2D eigenvalue weighted by Gasteiger charge is -2.26. The fraction of sp³-hybridized carbons (Fsp3) is 0.385. The molecule has 0 radical (unpaired) electrons. The Morgan fingerprint density at radius 3 is 2.29 bits per heavy atom. The Balaban J connectivity index is 1.64. The van der Waals surface area contributed by atoms with Gasteiger partial charge in [0.25, 0.3) is 11.8 Å². The molecular formula is C26H30N4O4. The Labute approximate surface area is 199 Å². The van der Waals surface area contributed by atoms with E-state index in [1.165, 1.54) is 0 Å². The molecule has 0 spiro atoms. The molecule has 2 unspecified atom stereocenters. The third kappa shape index (κ3) is 6.35. The molecule has 2 aromatic carbocycles. The molecule has 1 heterocycles. The first kappa shape index (κ1) is 24.8. The van der Waals surface area contributed by atoms with E-state index in [2.05, 4.69) is 10.6 Å². The average molecular weight is 463 g/mol. The summed E-state index contributed by atoms with van der Waals surface area (Å²) < 4.78 is 5.41. The van der Waals surface area contributed by atoms with Crippen LogP contribution in [0, 0.1) is 17.2 Å². The lowest BCUT2D eigenvalue weighted by Crippen LogP contribution is -2.56. The molecule has 2 N–H and O–H groups in total. The summed E-state index contributed by atoms with van der Waals surface area (Å²) in [5.74, 6) is -1.06. The number of hydrogen-bond donors (Lipinski definition) is 2. The highest BCUT2D eigenvalue weighted by atomic mass is 16.6. The molecule has 3 amide bonds. The topological polar surface area (TPSA) is 112 Å². The van der Waals surface area contributed by atoms with E-state index in [0.717, 1.165) is 11.1 Å². The van der Waals surface area contributed by atoms with Gasteiger partial charge in [-0.2, -0.15) is 5.26 Å². The van der Waals surface area contributed by atoms with E-state index in [4.69, 9.17) is 4.74 Å². The minimum Gasteiger partial charge on any atom is -0.436 e. The molecule has 0 bridgehead atoms. The molecule has 1 saturated heterocycles. The van der Waals surface area contributed by atoms with Gasteiger partial charge in [0.15, 0.2) is 6.10 Å².